The number of halogens is 1. The molecule has 2 heterocycles. The molecule has 1 saturated carbocycles. The van der Waals surface area contributed by atoms with E-state index in [1.54, 1.807) is 13.3 Å². The minimum atomic E-state index is 0.337. The van der Waals surface area contributed by atoms with Crippen LogP contribution < -0.4 is 21.1 Å². The normalized spacial score (nSPS) is 17.9. The molecule has 0 atom stereocenters. The second kappa shape index (κ2) is 12.1. The van der Waals surface area contributed by atoms with E-state index in [2.05, 4.69) is 53.9 Å². The Morgan fingerprint density at radius 3 is 2.62 bits per heavy atom. The number of nitrogens with zero attached hydrogens (tertiary/aromatic N) is 3. The van der Waals surface area contributed by atoms with Gasteiger partial charge in [0, 0.05) is 23.8 Å². The molecule has 0 unspecified atom stereocenters. The quantitative estimate of drug-likeness (QED) is 0.160. The molecule has 1 aliphatic carbocycles. The van der Waals surface area contributed by atoms with E-state index >= 15 is 0 Å². The number of nitrogens with one attached hydrogen (secondary N) is 2. The number of aromatic nitrogens is 2. The second-order valence-corrected chi connectivity index (χ2v) is 10.7. The molecule has 0 saturated heterocycles. The summed E-state index contributed by atoms with van der Waals surface area (Å²) in [7, 11) is 1.69. The highest BCUT2D eigenvalue weighted by molar-refractivity contribution is 6.33. The molecule has 204 valence electrons. The number of rotatable bonds is 9. The summed E-state index contributed by atoms with van der Waals surface area (Å²) in [5.41, 5.74) is 13.3. The number of fused-ring (bicyclic) bond motifs is 1. The molecule has 4 N–H and O–H groups in total. The molecule has 2 aromatic heterocycles. The molecule has 1 aliphatic rings. The van der Waals surface area contributed by atoms with Gasteiger partial charge in [-0.25, -0.2) is 9.51 Å². The van der Waals surface area contributed by atoms with Crippen molar-refractivity contribution in [2.75, 3.05) is 19.0 Å². The number of benzene rings is 2. The summed E-state index contributed by atoms with van der Waals surface area (Å²) in [6.45, 7) is 5.38. The van der Waals surface area contributed by atoms with Crippen molar-refractivity contribution in [3.8, 4) is 16.9 Å². The molecule has 7 nitrogen and oxygen atoms in total. The second-order valence-electron chi connectivity index (χ2n) is 10.3. The molecule has 5 rings (SSSR count). The van der Waals surface area contributed by atoms with Crippen LogP contribution in [-0.4, -0.2) is 41.2 Å². The molecule has 39 heavy (non-hydrogen) atoms. The van der Waals surface area contributed by atoms with Gasteiger partial charge in [-0.05, 0) is 87.0 Å². The first-order valence-corrected chi connectivity index (χ1v) is 14.1. The van der Waals surface area contributed by atoms with Crippen LogP contribution in [0.15, 0.2) is 65.9 Å². The van der Waals surface area contributed by atoms with E-state index in [4.69, 9.17) is 27.2 Å². The Balaban J connectivity index is 1.53. The third-order valence-corrected chi connectivity index (χ3v) is 7.83. The first kappa shape index (κ1) is 27.0. The van der Waals surface area contributed by atoms with Gasteiger partial charge in [-0.1, -0.05) is 36.7 Å². The van der Waals surface area contributed by atoms with Crippen molar-refractivity contribution >= 4 is 34.3 Å². The van der Waals surface area contributed by atoms with Gasteiger partial charge < -0.3 is 21.1 Å². The maximum atomic E-state index is 6.62. The van der Waals surface area contributed by atoms with Crippen LogP contribution in [0, 0.1) is 6.92 Å². The van der Waals surface area contributed by atoms with Crippen molar-refractivity contribution in [3.05, 3.63) is 77.1 Å². The fourth-order valence-corrected chi connectivity index (χ4v) is 5.54. The molecule has 0 radical (unpaired) electrons. The van der Waals surface area contributed by atoms with Gasteiger partial charge >= 0.3 is 0 Å². The van der Waals surface area contributed by atoms with E-state index in [9.17, 15) is 0 Å². The maximum absolute atomic E-state index is 6.62. The van der Waals surface area contributed by atoms with Crippen molar-refractivity contribution in [1.29, 1.82) is 0 Å². The molecule has 0 amide bonds. The van der Waals surface area contributed by atoms with E-state index in [-0.39, 0.29) is 0 Å². The lowest BCUT2D eigenvalue weighted by Gasteiger charge is -2.31. The van der Waals surface area contributed by atoms with Crippen LogP contribution in [-0.2, 0) is 0 Å². The smallest absolute Gasteiger partial charge is 0.135 e. The summed E-state index contributed by atoms with van der Waals surface area (Å²) >= 11 is 6.39. The average molecular weight is 545 g/mol. The van der Waals surface area contributed by atoms with Gasteiger partial charge in [-0.3, -0.25) is 0 Å². The fourth-order valence-electron chi connectivity index (χ4n) is 5.36. The molecule has 0 aliphatic heterocycles. The van der Waals surface area contributed by atoms with Crippen LogP contribution in [0.2, 0.25) is 5.02 Å². The Hall–Kier alpha value is -3.55. The summed E-state index contributed by atoms with van der Waals surface area (Å²) in [5, 5.41) is 12.8. The number of anilines is 1. The standard InChI is InChI=1S/C31H37ClN6O/c1-4-15-34-22-9-11-23(12-10-22)36-30-26(31(33)37-28-8-6-5-7-27(28)32)18-35-38-19-21(17-29(30)38)25-14-13-24(39-3)16-20(25)2/h5-8,13-14,16-19,22-23,34,36H,4,9-12,15H2,1-3H3,(H2,33,37). The summed E-state index contributed by atoms with van der Waals surface area (Å²) in [4.78, 5) is 4.68. The number of hydrogen-bond acceptors (Lipinski definition) is 5. The third-order valence-electron chi connectivity index (χ3n) is 7.51. The fraction of sp³-hybridized carbons (Fsp3) is 0.355. The average Bonchev–Trinajstić information content (AvgIpc) is 3.38. The Kier molecular flexibility index (Phi) is 8.38. The van der Waals surface area contributed by atoms with Gasteiger partial charge in [0.25, 0.3) is 0 Å². The van der Waals surface area contributed by atoms with Crippen molar-refractivity contribution < 1.29 is 4.74 Å². The van der Waals surface area contributed by atoms with E-state index in [1.165, 1.54) is 0 Å². The summed E-state index contributed by atoms with van der Waals surface area (Å²) in [6.07, 6.45) is 9.48. The van der Waals surface area contributed by atoms with Crippen LogP contribution in [0.5, 0.6) is 5.75 Å². The number of methoxy groups -OCH3 is 1. The minimum absolute atomic E-state index is 0.337. The Bertz CT molecular complexity index is 1470. The first-order valence-electron chi connectivity index (χ1n) is 13.7. The van der Waals surface area contributed by atoms with Crippen LogP contribution in [0.25, 0.3) is 16.6 Å². The van der Waals surface area contributed by atoms with Gasteiger partial charge in [-0.15, -0.1) is 0 Å². The van der Waals surface area contributed by atoms with Crippen LogP contribution in [0.1, 0.15) is 50.2 Å². The number of nitrogens with two attached hydrogens (primary N) is 1. The zero-order valence-corrected chi connectivity index (χ0v) is 23.6. The summed E-state index contributed by atoms with van der Waals surface area (Å²) in [5.74, 6) is 1.22. The van der Waals surface area contributed by atoms with E-state index in [1.807, 2.05) is 34.8 Å². The number of ether oxygens (including phenoxy) is 1. The highest BCUT2D eigenvalue weighted by Gasteiger charge is 2.24. The maximum Gasteiger partial charge on any atom is 0.135 e. The predicted octanol–water partition coefficient (Wildman–Crippen LogP) is 6.73. The molecule has 2 aromatic carbocycles. The van der Waals surface area contributed by atoms with Crippen molar-refractivity contribution in [1.82, 2.24) is 14.9 Å². The molecular formula is C31H37ClN6O. The van der Waals surface area contributed by atoms with Crippen molar-refractivity contribution in [2.24, 2.45) is 10.7 Å². The number of hydrogen-bond donors (Lipinski definition) is 3. The van der Waals surface area contributed by atoms with E-state index in [0.717, 1.165) is 77.9 Å². The topological polar surface area (TPSA) is 89.0 Å². The molecular weight excluding hydrogens is 508 g/mol. The Morgan fingerprint density at radius 1 is 1.13 bits per heavy atom. The summed E-state index contributed by atoms with van der Waals surface area (Å²) in [6, 6.07) is 16.7. The Labute approximate surface area is 235 Å². The molecule has 8 heteroatoms. The lowest BCUT2D eigenvalue weighted by atomic mass is 9.90. The van der Waals surface area contributed by atoms with Crippen LogP contribution >= 0.6 is 11.6 Å². The van der Waals surface area contributed by atoms with Crippen molar-refractivity contribution in [3.63, 3.8) is 0 Å². The van der Waals surface area contributed by atoms with Gasteiger partial charge in [0.2, 0.25) is 0 Å². The highest BCUT2D eigenvalue weighted by atomic mass is 35.5. The molecule has 0 bridgehead atoms. The SMILES string of the molecule is CCCNC1CCC(Nc2c(C(N)=Nc3ccccc3Cl)cnn3cc(-c4ccc(OC)cc4C)cc23)CC1. The minimum Gasteiger partial charge on any atom is -0.497 e. The molecule has 1 fully saturated rings. The van der Waals surface area contributed by atoms with E-state index < -0.39 is 0 Å². The molecule has 4 aromatic rings. The van der Waals surface area contributed by atoms with Crippen molar-refractivity contribution in [2.45, 2.75) is 58.0 Å². The van der Waals surface area contributed by atoms with Gasteiger partial charge in [0.05, 0.1) is 40.8 Å². The number of para-hydroxylation sites is 1. The van der Waals surface area contributed by atoms with Gasteiger partial charge in [-0.2, -0.15) is 5.10 Å². The third kappa shape index (κ3) is 6.05. The zero-order valence-electron chi connectivity index (χ0n) is 22.9. The number of aryl methyl sites for hydroxylation is 1. The highest BCUT2D eigenvalue weighted by Crippen LogP contribution is 2.34. The lowest BCUT2D eigenvalue weighted by Crippen LogP contribution is -2.37. The number of aliphatic imine (C=N–C) groups is 1. The van der Waals surface area contributed by atoms with Crippen LogP contribution in [0.3, 0.4) is 0 Å². The Morgan fingerprint density at radius 2 is 1.90 bits per heavy atom. The predicted molar refractivity (Wildman–Crippen MR) is 162 cm³/mol. The number of amidine groups is 1. The molecule has 0 spiro atoms. The largest absolute Gasteiger partial charge is 0.497 e. The van der Waals surface area contributed by atoms with Crippen LogP contribution in [0.4, 0.5) is 11.4 Å². The van der Waals surface area contributed by atoms with E-state index in [0.29, 0.717) is 28.6 Å². The lowest BCUT2D eigenvalue weighted by molar-refractivity contribution is 0.355. The first-order chi connectivity index (χ1) is 19.0. The summed E-state index contributed by atoms with van der Waals surface area (Å²) < 4.78 is 7.33. The van der Waals surface area contributed by atoms with Gasteiger partial charge in [0.1, 0.15) is 11.6 Å². The monoisotopic (exact) mass is 544 g/mol. The zero-order chi connectivity index (χ0) is 27.4. The van der Waals surface area contributed by atoms with Gasteiger partial charge in [0.15, 0.2) is 0 Å².